The molecule has 2 aromatic rings. The number of halogens is 3. The van der Waals surface area contributed by atoms with Gasteiger partial charge in [0.25, 0.3) is 5.91 Å². The van der Waals surface area contributed by atoms with Crippen LogP contribution in [-0.2, 0) is 16.0 Å². The molecule has 2 N–H and O–H groups in total. The molecule has 27 heavy (non-hydrogen) atoms. The highest BCUT2D eigenvalue weighted by Gasteiger charge is 2.14. The maximum atomic E-state index is 12.4. The molecule has 144 valence electrons. The van der Waals surface area contributed by atoms with Crippen molar-refractivity contribution in [2.75, 3.05) is 13.7 Å². The van der Waals surface area contributed by atoms with Crippen molar-refractivity contribution in [3.63, 3.8) is 0 Å². The van der Waals surface area contributed by atoms with Crippen LogP contribution in [0.5, 0.6) is 11.5 Å². The van der Waals surface area contributed by atoms with Crippen molar-refractivity contribution in [1.29, 1.82) is 0 Å². The van der Waals surface area contributed by atoms with Gasteiger partial charge in [-0.05, 0) is 41.8 Å². The van der Waals surface area contributed by atoms with E-state index >= 15 is 0 Å². The predicted octanol–water partition coefficient (Wildman–Crippen LogP) is 3.99. The highest BCUT2D eigenvalue weighted by Crippen LogP contribution is 2.26. The van der Waals surface area contributed by atoms with E-state index in [4.69, 9.17) is 16.3 Å². The van der Waals surface area contributed by atoms with Gasteiger partial charge in [-0.1, -0.05) is 29.8 Å². The number of benzene rings is 2. The molecule has 0 radical (unpaired) electrons. The van der Waals surface area contributed by atoms with Gasteiger partial charge in [0.15, 0.2) is 11.5 Å². The number of aromatic hydroxyl groups is 1. The standard InChI is InChI=1S/C19H18ClF2NO4/c1-26-17-10-12(2-7-16(17)24)8-9-23-18(25)15(11-27-19(21)22)13-3-5-14(20)6-4-13/h2-7,10-11,19,24H,8-9H2,1H3,(H,23,25)/b15-11+. The molecule has 0 aliphatic carbocycles. The molecule has 0 aromatic heterocycles. The first-order chi connectivity index (χ1) is 12.9. The van der Waals surface area contributed by atoms with Crippen molar-refractivity contribution in [3.05, 3.63) is 64.9 Å². The molecule has 0 atom stereocenters. The third-order valence-electron chi connectivity index (χ3n) is 3.63. The number of hydrogen-bond donors (Lipinski definition) is 2. The zero-order chi connectivity index (χ0) is 19.8. The van der Waals surface area contributed by atoms with Gasteiger partial charge in [0.05, 0.1) is 12.7 Å². The Labute approximate surface area is 160 Å². The second-order valence-corrected chi connectivity index (χ2v) is 5.88. The van der Waals surface area contributed by atoms with Crippen LogP contribution in [0.15, 0.2) is 48.7 Å². The summed E-state index contributed by atoms with van der Waals surface area (Å²) in [6.45, 7) is -2.80. The van der Waals surface area contributed by atoms with Crippen molar-refractivity contribution < 1.29 is 28.2 Å². The van der Waals surface area contributed by atoms with E-state index in [0.717, 1.165) is 11.8 Å². The molecular formula is C19H18ClF2NO4. The van der Waals surface area contributed by atoms with Crippen molar-refractivity contribution in [2.45, 2.75) is 13.0 Å². The Kier molecular flexibility index (Phi) is 7.43. The third kappa shape index (κ3) is 6.14. The lowest BCUT2D eigenvalue weighted by atomic mass is 10.1. The van der Waals surface area contributed by atoms with Crippen LogP contribution in [0.1, 0.15) is 11.1 Å². The molecule has 0 unspecified atom stereocenters. The zero-order valence-electron chi connectivity index (χ0n) is 14.4. The molecule has 0 spiro atoms. The smallest absolute Gasteiger partial charge is 0.386 e. The van der Waals surface area contributed by atoms with E-state index in [1.165, 1.54) is 25.3 Å². The molecule has 0 fully saturated rings. The molecule has 0 aliphatic heterocycles. The van der Waals surface area contributed by atoms with Crippen LogP contribution < -0.4 is 10.1 Å². The Hall–Kier alpha value is -2.80. The normalized spacial score (nSPS) is 11.4. The summed E-state index contributed by atoms with van der Waals surface area (Å²) in [5.41, 5.74) is 1.17. The van der Waals surface area contributed by atoms with Crippen LogP contribution in [0.3, 0.4) is 0 Å². The molecular weight excluding hydrogens is 380 g/mol. The van der Waals surface area contributed by atoms with Gasteiger partial charge in [-0.2, -0.15) is 8.78 Å². The van der Waals surface area contributed by atoms with Gasteiger partial charge in [0, 0.05) is 11.6 Å². The number of phenols is 1. The fraction of sp³-hybridized carbons (Fsp3) is 0.211. The number of alkyl halides is 2. The molecule has 5 nitrogen and oxygen atoms in total. The van der Waals surface area contributed by atoms with E-state index in [-0.39, 0.29) is 17.9 Å². The van der Waals surface area contributed by atoms with Crippen LogP contribution in [0.2, 0.25) is 5.02 Å². The number of carbonyl (C=O) groups is 1. The molecule has 0 bridgehead atoms. The van der Waals surface area contributed by atoms with E-state index < -0.39 is 12.5 Å². The van der Waals surface area contributed by atoms with Gasteiger partial charge < -0.3 is 19.9 Å². The lowest BCUT2D eigenvalue weighted by molar-refractivity contribution is -0.116. The number of nitrogens with one attached hydrogen (secondary N) is 1. The SMILES string of the molecule is COc1cc(CCNC(=O)/C(=C/OC(F)F)c2ccc(Cl)cc2)ccc1O. The van der Waals surface area contributed by atoms with E-state index in [1.807, 2.05) is 0 Å². The second kappa shape index (κ2) is 9.78. The highest BCUT2D eigenvalue weighted by atomic mass is 35.5. The first kappa shape index (κ1) is 20.5. The summed E-state index contributed by atoms with van der Waals surface area (Å²) >= 11 is 5.81. The molecule has 0 aliphatic rings. The number of methoxy groups -OCH3 is 1. The lowest BCUT2D eigenvalue weighted by Crippen LogP contribution is -2.26. The summed E-state index contributed by atoms with van der Waals surface area (Å²) < 4.78 is 33.9. The first-order valence-corrected chi connectivity index (χ1v) is 8.32. The summed E-state index contributed by atoms with van der Waals surface area (Å²) in [4.78, 5) is 12.4. The molecule has 0 saturated carbocycles. The van der Waals surface area contributed by atoms with E-state index in [1.54, 1.807) is 24.3 Å². The van der Waals surface area contributed by atoms with Gasteiger partial charge in [-0.25, -0.2) is 0 Å². The number of carbonyl (C=O) groups excluding carboxylic acids is 1. The van der Waals surface area contributed by atoms with Crippen molar-refractivity contribution in [1.82, 2.24) is 5.32 Å². The van der Waals surface area contributed by atoms with Gasteiger partial charge in [0.2, 0.25) is 0 Å². The molecule has 8 heteroatoms. The van der Waals surface area contributed by atoms with Crippen molar-refractivity contribution >= 4 is 23.1 Å². The molecule has 2 aromatic carbocycles. The lowest BCUT2D eigenvalue weighted by Gasteiger charge is -2.11. The number of hydrogen-bond acceptors (Lipinski definition) is 4. The average molecular weight is 398 g/mol. The molecule has 0 saturated heterocycles. The van der Waals surface area contributed by atoms with E-state index in [0.29, 0.717) is 22.8 Å². The molecule has 2 rings (SSSR count). The average Bonchev–Trinajstić information content (AvgIpc) is 2.64. The summed E-state index contributed by atoms with van der Waals surface area (Å²) in [7, 11) is 1.44. The predicted molar refractivity (Wildman–Crippen MR) is 97.9 cm³/mol. The summed E-state index contributed by atoms with van der Waals surface area (Å²) in [6, 6.07) is 11.0. The summed E-state index contributed by atoms with van der Waals surface area (Å²) in [6.07, 6.45) is 1.18. The van der Waals surface area contributed by atoms with Crippen LogP contribution in [-0.4, -0.2) is 31.3 Å². The first-order valence-electron chi connectivity index (χ1n) is 7.94. The maximum absolute atomic E-state index is 12.4. The maximum Gasteiger partial charge on any atom is 0.386 e. The minimum Gasteiger partial charge on any atom is -0.504 e. The Balaban J connectivity index is 2.05. The van der Waals surface area contributed by atoms with Gasteiger partial charge in [-0.15, -0.1) is 0 Å². The van der Waals surface area contributed by atoms with Crippen molar-refractivity contribution in [2.24, 2.45) is 0 Å². The summed E-state index contributed by atoms with van der Waals surface area (Å²) in [5, 5.41) is 12.7. The van der Waals surface area contributed by atoms with Crippen LogP contribution in [0, 0.1) is 0 Å². The monoisotopic (exact) mass is 397 g/mol. The van der Waals surface area contributed by atoms with Crippen LogP contribution in [0.4, 0.5) is 8.78 Å². The van der Waals surface area contributed by atoms with Gasteiger partial charge in [0.1, 0.15) is 6.26 Å². The van der Waals surface area contributed by atoms with E-state index in [2.05, 4.69) is 10.1 Å². The Morgan fingerprint density at radius 2 is 1.96 bits per heavy atom. The fourth-order valence-electron chi connectivity index (χ4n) is 2.29. The number of ether oxygens (including phenoxy) is 2. The second-order valence-electron chi connectivity index (χ2n) is 5.45. The van der Waals surface area contributed by atoms with Crippen molar-refractivity contribution in [3.8, 4) is 11.5 Å². The van der Waals surface area contributed by atoms with Gasteiger partial charge in [-0.3, -0.25) is 4.79 Å². The Bertz CT molecular complexity index is 810. The minimum atomic E-state index is -3.04. The van der Waals surface area contributed by atoms with E-state index in [9.17, 15) is 18.7 Å². The number of amides is 1. The largest absolute Gasteiger partial charge is 0.504 e. The quantitative estimate of drug-likeness (QED) is 0.522. The third-order valence-corrected chi connectivity index (χ3v) is 3.88. The minimum absolute atomic E-state index is 0.0161. The van der Waals surface area contributed by atoms with Gasteiger partial charge >= 0.3 is 6.61 Å². The Morgan fingerprint density at radius 1 is 1.26 bits per heavy atom. The zero-order valence-corrected chi connectivity index (χ0v) is 15.2. The highest BCUT2D eigenvalue weighted by molar-refractivity contribution is 6.30. The molecule has 1 amide bonds. The Morgan fingerprint density at radius 3 is 2.59 bits per heavy atom. The van der Waals surface area contributed by atoms with Crippen LogP contribution in [0.25, 0.3) is 5.57 Å². The number of phenolic OH excluding ortho intramolecular Hbond substituents is 1. The fourth-order valence-corrected chi connectivity index (χ4v) is 2.42. The number of rotatable bonds is 8. The summed E-state index contributed by atoms with van der Waals surface area (Å²) in [5.74, 6) is -0.225. The topological polar surface area (TPSA) is 67.8 Å². The molecule has 0 heterocycles. The van der Waals surface area contributed by atoms with Crippen LogP contribution >= 0.6 is 11.6 Å².